The highest BCUT2D eigenvalue weighted by molar-refractivity contribution is 5.94. The lowest BCUT2D eigenvalue weighted by Gasteiger charge is -2.38. The molecular formula is C21H21ClF6N2O. The molecule has 0 aromatic heterocycles. The smallest absolute Gasteiger partial charge is 0.351 e. The van der Waals surface area contributed by atoms with Crippen LogP contribution in [-0.4, -0.2) is 25.5 Å². The fraction of sp³-hybridized carbons (Fsp3) is 0.381. The molecule has 1 amide bonds. The van der Waals surface area contributed by atoms with Crippen LogP contribution < -0.4 is 10.6 Å². The van der Waals surface area contributed by atoms with E-state index in [1.54, 1.807) is 0 Å². The van der Waals surface area contributed by atoms with Crippen molar-refractivity contribution in [2.24, 2.45) is 0 Å². The first kappa shape index (κ1) is 25.0. The summed E-state index contributed by atoms with van der Waals surface area (Å²) in [6, 6.07) is 10.3. The zero-order valence-corrected chi connectivity index (χ0v) is 17.1. The second-order valence-corrected chi connectivity index (χ2v) is 7.37. The predicted molar refractivity (Wildman–Crippen MR) is 106 cm³/mol. The maximum absolute atomic E-state index is 13.1. The molecule has 1 aliphatic heterocycles. The van der Waals surface area contributed by atoms with Crippen LogP contribution in [0.15, 0.2) is 48.5 Å². The minimum atomic E-state index is -5.00. The minimum absolute atomic E-state index is 0. The highest BCUT2D eigenvalue weighted by Crippen LogP contribution is 2.37. The molecule has 1 fully saturated rings. The normalized spacial score (nSPS) is 16.3. The van der Waals surface area contributed by atoms with E-state index >= 15 is 0 Å². The minimum Gasteiger partial charge on any atom is -0.351 e. The molecular weight excluding hydrogens is 446 g/mol. The van der Waals surface area contributed by atoms with E-state index in [4.69, 9.17) is 0 Å². The number of hydrogen-bond donors (Lipinski definition) is 2. The van der Waals surface area contributed by atoms with Crippen LogP contribution in [0.4, 0.5) is 26.3 Å². The molecule has 0 radical (unpaired) electrons. The summed E-state index contributed by atoms with van der Waals surface area (Å²) in [5, 5.41) is 5.78. The average molecular weight is 467 g/mol. The van der Waals surface area contributed by atoms with Gasteiger partial charge in [0, 0.05) is 17.5 Å². The molecule has 2 aromatic rings. The molecule has 31 heavy (non-hydrogen) atoms. The molecule has 1 heterocycles. The third-order valence-electron chi connectivity index (χ3n) is 5.38. The number of hydrogen-bond acceptors (Lipinski definition) is 2. The Bertz CT molecular complexity index is 861. The van der Waals surface area contributed by atoms with Crippen molar-refractivity contribution in [3.8, 4) is 0 Å². The largest absolute Gasteiger partial charge is 0.416 e. The third-order valence-corrected chi connectivity index (χ3v) is 5.38. The van der Waals surface area contributed by atoms with Gasteiger partial charge in [-0.2, -0.15) is 26.3 Å². The van der Waals surface area contributed by atoms with E-state index < -0.39 is 40.4 Å². The molecule has 10 heteroatoms. The van der Waals surface area contributed by atoms with Gasteiger partial charge in [-0.15, -0.1) is 12.4 Å². The quantitative estimate of drug-likeness (QED) is 0.608. The number of amides is 1. The van der Waals surface area contributed by atoms with Crippen molar-refractivity contribution in [2.75, 3.05) is 19.6 Å². The molecule has 1 aliphatic rings. The first-order valence-electron chi connectivity index (χ1n) is 9.35. The van der Waals surface area contributed by atoms with E-state index in [9.17, 15) is 31.1 Å². The van der Waals surface area contributed by atoms with E-state index in [1.165, 1.54) is 0 Å². The highest BCUT2D eigenvalue weighted by Gasteiger charge is 2.38. The van der Waals surface area contributed by atoms with E-state index in [-0.39, 0.29) is 25.0 Å². The zero-order valence-electron chi connectivity index (χ0n) is 16.2. The van der Waals surface area contributed by atoms with Gasteiger partial charge in [0.25, 0.3) is 5.91 Å². The molecule has 0 spiro atoms. The van der Waals surface area contributed by atoms with Crippen LogP contribution in [0, 0.1) is 0 Å². The summed E-state index contributed by atoms with van der Waals surface area (Å²) in [6.45, 7) is 1.48. The van der Waals surface area contributed by atoms with Crippen LogP contribution >= 0.6 is 12.4 Å². The summed E-state index contributed by atoms with van der Waals surface area (Å²) in [4.78, 5) is 12.6. The van der Waals surface area contributed by atoms with E-state index in [2.05, 4.69) is 10.6 Å². The molecule has 0 atom stereocenters. The maximum atomic E-state index is 13.1. The summed E-state index contributed by atoms with van der Waals surface area (Å²) in [6.07, 6.45) is -8.66. The zero-order chi connectivity index (χ0) is 22.0. The lowest BCUT2D eigenvalue weighted by atomic mass is 9.73. The lowest BCUT2D eigenvalue weighted by molar-refractivity contribution is -0.143. The van der Waals surface area contributed by atoms with E-state index in [0.717, 1.165) is 5.56 Å². The van der Waals surface area contributed by atoms with Crippen molar-refractivity contribution in [2.45, 2.75) is 30.6 Å². The van der Waals surface area contributed by atoms with Crippen LogP contribution in [0.2, 0.25) is 0 Å². The summed E-state index contributed by atoms with van der Waals surface area (Å²) in [5.74, 6) is -0.972. The Labute approximate surface area is 181 Å². The number of halogens is 7. The van der Waals surface area contributed by atoms with Crippen molar-refractivity contribution >= 4 is 18.3 Å². The van der Waals surface area contributed by atoms with Gasteiger partial charge in [0.1, 0.15) is 0 Å². The molecule has 170 valence electrons. The topological polar surface area (TPSA) is 41.1 Å². The molecule has 3 rings (SSSR count). The number of carbonyl (C=O) groups is 1. The molecule has 2 N–H and O–H groups in total. The fourth-order valence-corrected chi connectivity index (χ4v) is 3.70. The number of nitrogens with one attached hydrogen (secondary N) is 2. The van der Waals surface area contributed by atoms with Gasteiger partial charge < -0.3 is 10.6 Å². The highest BCUT2D eigenvalue weighted by atomic mass is 35.5. The molecule has 0 aliphatic carbocycles. The van der Waals surface area contributed by atoms with Crippen molar-refractivity contribution in [3.05, 3.63) is 70.8 Å². The summed E-state index contributed by atoms with van der Waals surface area (Å²) < 4.78 is 78.3. The Morgan fingerprint density at radius 1 is 0.903 bits per heavy atom. The predicted octanol–water partition coefficient (Wildman–Crippen LogP) is 5.20. The maximum Gasteiger partial charge on any atom is 0.416 e. The van der Waals surface area contributed by atoms with E-state index in [1.807, 2.05) is 30.3 Å². The van der Waals surface area contributed by atoms with Gasteiger partial charge in [-0.25, -0.2) is 0 Å². The van der Waals surface area contributed by atoms with Crippen molar-refractivity contribution < 1.29 is 31.1 Å². The summed E-state index contributed by atoms with van der Waals surface area (Å²) in [7, 11) is 0. The Hall–Kier alpha value is -2.26. The molecule has 0 bridgehead atoms. The molecule has 1 saturated heterocycles. The SMILES string of the molecule is Cl.O=C(NCC1(c2ccccc2)CCNCC1)c1cc(C(F)(F)F)cc(C(F)(F)F)c1. The van der Waals surface area contributed by atoms with Crippen LogP contribution in [0.5, 0.6) is 0 Å². The Kier molecular flexibility index (Phi) is 7.65. The summed E-state index contributed by atoms with van der Waals surface area (Å²) in [5.41, 5.74) is -3.18. The van der Waals surface area contributed by atoms with Gasteiger partial charge in [0.15, 0.2) is 0 Å². The van der Waals surface area contributed by atoms with Gasteiger partial charge in [-0.3, -0.25) is 4.79 Å². The lowest BCUT2D eigenvalue weighted by Crippen LogP contribution is -2.47. The molecule has 2 aromatic carbocycles. The van der Waals surface area contributed by atoms with Gasteiger partial charge in [0.2, 0.25) is 0 Å². The van der Waals surface area contributed by atoms with Crippen LogP contribution in [0.3, 0.4) is 0 Å². The van der Waals surface area contributed by atoms with Gasteiger partial charge in [-0.1, -0.05) is 30.3 Å². The molecule has 3 nitrogen and oxygen atoms in total. The number of benzene rings is 2. The van der Waals surface area contributed by atoms with Gasteiger partial charge in [0.05, 0.1) is 11.1 Å². The monoisotopic (exact) mass is 466 g/mol. The summed E-state index contributed by atoms with van der Waals surface area (Å²) >= 11 is 0. The van der Waals surface area contributed by atoms with Crippen LogP contribution in [0.25, 0.3) is 0 Å². The number of alkyl halides is 6. The van der Waals surface area contributed by atoms with Crippen LogP contribution in [-0.2, 0) is 17.8 Å². The number of piperidine rings is 1. The van der Waals surface area contributed by atoms with Gasteiger partial charge >= 0.3 is 12.4 Å². The second-order valence-electron chi connectivity index (χ2n) is 7.37. The van der Waals surface area contributed by atoms with Crippen molar-refractivity contribution in [1.82, 2.24) is 10.6 Å². The standard InChI is InChI=1S/C21H20F6N2O.ClH/c22-20(23,24)16-10-14(11-17(12-16)21(25,26)27)18(30)29-13-19(6-8-28-9-7-19)15-4-2-1-3-5-15;/h1-5,10-12,28H,6-9,13H2,(H,29,30);1H. The second kappa shape index (κ2) is 9.48. The van der Waals surface area contributed by atoms with E-state index in [0.29, 0.717) is 38.1 Å². The van der Waals surface area contributed by atoms with Crippen LogP contribution in [0.1, 0.15) is 39.9 Å². The number of carbonyl (C=O) groups excluding carboxylic acids is 1. The number of rotatable bonds is 4. The van der Waals surface area contributed by atoms with Gasteiger partial charge in [-0.05, 0) is 49.7 Å². The van der Waals surface area contributed by atoms with Crippen molar-refractivity contribution in [3.63, 3.8) is 0 Å². The fourth-order valence-electron chi connectivity index (χ4n) is 3.70. The third kappa shape index (κ3) is 5.92. The Morgan fingerprint density at radius 3 is 1.90 bits per heavy atom. The Balaban J connectivity index is 0.00000341. The Morgan fingerprint density at radius 2 is 1.42 bits per heavy atom. The molecule has 0 saturated carbocycles. The first-order chi connectivity index (χ1) is 14.0. The molecule has 0 unspecified atom stereocenters. The average Bonchev–Trinajstić information content (AvgIpc) is 2.72. The first-order valence-corrected chi connectivity index (χ1v) is 9.35. The van der Waals surface area contributed by atoms with Crippen molar-refractivity contribution in [1.29, 1.82) is 0 Å².